The Balaban J connectivity index is 1.67. The number of hydrogen-bond acceptors (Lipinski definition) is 4. The van der Waals surface area contributed by atoms with E-state index < -0.39 is 17.6 Å². The summed E-state index contributed by atoms with van der Waals surface area (Å²) in [6, 6.07) is 4.53. The second kappa shape index (κ2) is 6.58. The summed E-state index contributed by atoms with van der Waals surface area (Å²) in [6.45, 7) is 0.0680. The molecule has 0 spiro atoms. The van der Waals surface area contributed by atoms with Crippen molar-refractivity contribution >= 4 is 5.91 Å². The van der Waals surface area contributed by atoms with Crippen molar-refractivity contribution in [3.05, 3.63) is 41.2 Å². The predicted octanol–water partition coefficient (Wildman–Crippen LogP) is 2.74. The molecule has 1 amide bonds. The molecular weight excluding hydrogens is 323 g/mol. The fourth-order valence-corrected chi connectivity index (χ4v) is 2.86. The molecule has 0 radical (unpaired) electrons. The van der Waals surface area contributed by atoms with E-state index >= 15 is 0 Å². The van der Waals surface area contributed by atoms with Crippen LogP contribution in [0.25, 0.3) is 0 Å². The normalized spacial score (nSPS) is 15.6. The molecule has 24 heavy (non-hydrogen) atoms. The quantitative estimate of drug-likeness (QED) is 0.930. The van der Waals surface area contributed by atoms with Crippen LogP contribution in [0.5, 0.6) is 0 Å². The van der Waals surface area contributed by atoms with Gasteiger partial charge in [0.1, 0.15) is 0 Å². The van der Waals surface area contributed by atoms with Gasteiger partial charge in [-0.15, -0.1) is 5.10 Å². The average Bonchev–Trinajstić information content (AvgIpc) is 3.22. The first-order valence-electron chi connectivity index (χ1n) is 7.67. The molecule has 0 aliphatic heterocycles. The minimum Gasteiger partial charge on any atom is -0.345 e. The number of nitrogens with one attached hydrogen (secondary N) is 1. The lowest BCUT2D eigenvalue weighted by Gasteiger charge is -2.12. The lowest BCUT2D eigenvalue weighted by atomic mass is 10.1. The van der Waals surface area contributed by atoms with Crippen molar-refractivity contribution in [1.82, 2.24) is 25.5 Å². The van der Waals surface area contributed by atoms with Gasteiger partial charge in [-0.25, -0.2) is 4.68 Å². The molecule has 1 fully saturated rings. The van der Waals surface area contributed by atoms with Gasteiger partial charge < -0.3 is 5.32 Å². The van der Waals surface area contributed by atoms with Gasteiger partial charge in [-0.2, -0.15) is 13.2 Å². The van der Waals surface area contributed by atoms with Gasteiger partial charge in [-0.3, -0.25) is 4.79 Å². The van der Waals surface area contributed by atoms with Crippen LogP contribution >= 0.6 is 0 Å². The Morgan fingerprint density at radius 1 is 1.29 bits per heavy atom. The number of amides is 1. The summed E-state index contributed by atoms with van der Waals surface area (Å²) in [7, 11) is 0. The van der Waals surface area contributed by atoms with Crippen molar-refractivity contribution in [3.8, 4) is 0 Å². The first-order valence-corrected chi connectivity index (χ1v) is 7.67. The number of aromatic nitrogens is 4. The smallest absolute Gasteiger partial charge is 0.345 e. The number of benzene rings is 1. The van der Waals surface area contributed by atoms with E-state index in [1.54, 1.807) is 4.68 Å². The number of carbonyl (C=O) groups is 1. The third-order valence-electron chi connectivity index (χ3n) is 4.09. The van der Waals surface area contributed by atoms with Gasteiger partial charge in [-0.1, -0.05) is 18.9 Å². The van der Waals surface area contributed by atoms with Crippen LogP contribution in [0.3, 0.4) is 0 Å². The molecule has 1 saturated carbocycles. The monoisotopic (exact) mass is 339 g/mol. The van der Waals surface area contributed by atoms with Gasteiger partial charge in [0.2, 0.25) is 0 Å². The van der Waals surface area contributed by atoms with Crippen LogP contribution in [-0.2, 0) is 12.7 Å². The average molecular weight is 339 g/mol. The van der Waals surface area contributed by atoms with Crippen LogP contribution in [0.4, 0.5) is 13.2 Å². The summed E-state index contributed by atoms with van der Waals surface area (Å²) in [6.07, 6.45) is -0.288. The molecule has 9 heteroatoms. The molecule has 2 aromatic rings. The van der Waals surface area contributed by atoms with Crippen molar-refractivity contribution in [1.29, 1.82) is 0 Å². The van der Waals surface area contributed by atoms with E-state index in [4.69, 9.17) is 0 Å². The Labute approximate surface area is 136 Å². The zero-order chi connectivity index (χ0) is 17.2. The van der Waals surface area contributed by atoms with E-state index in [2.05, 4.69) is 20.8 Å². The van der Waals surface area contributed by atoms with E-state index in [1.807, 2.05) is 0 Å². The van der Waals surface area contributed by atoms with Gasteiger partial charge in [0.05, 0.1) is 18.2 Å². The summed E-state index contributed by atoms with van der Waals surface area (Å²) < 4.78 is 39.8. The Hall–Kier alpha value is -2.45. The minimum absolute atomic E-state index is 0.0512. The van der Waals surface area contributed by atoms with E-state index in [1.165, 1.54) is 12.1 Å². The van der Waals surface area contributed by atoms with Crippen molar-refractivity contribution in [2.75, 3.05) is 0 Å². The van der Waals surface area contributed by atoms with E-state index in [0.29, 0.717) is 5.82 Å². The number of alkyl halides is 3. The molecule has 0 bridgehead atoms. The SMILES string of the molecule is O=C(NCc1nnnn1C1CCCC1)c1cccc(C(F)(F)F)c1. The van der Waals surface area contributed by atoms with Gasteiger partial charge in [0.25, 0.3) is 5.91 Å². The molecule has 6 nitrogen and oxygen atoms in total. The van der Waals surface area contributed by atoms with E-state index in [-0.39, 0.29) is 18.2 Å². The molecular formula is C15H16F3N5O. The highest BCUT2D eigenvalue weighted by atomic mass is 19.4. The number of rotatable bonds is 4. The molecule has 1 aromatic carbocycles. The zero-order valence-corrected chi connectivity index (χ0v) is 12.8. The summed E-state index contributed by atoms with van der Waals surface area (Å²) in [4.78, 5) is 12.1. The fraction of sp³-hybridized carbons (Fsp3) is 0.467. The Morgan fingerprint density at radius 2 is 2.04 bits per heavy atom. The molecule has 3 rings (SSSR count). The molecule has 1 heterocycles. The summed E-state index contributed by atoms with van der Waals surface area (Å²) in [5, 5.41) is 14.0. The lowest BCUT2D eigenvalue weighted by molar-refractivity contribution is -0.137. The van der Waals surface area contributed by atoms with Crippen LogP contribution in [0.2, 0.25) is 0 Å². The highest BCUT2D eigenvalue weighted by Gasteiger charge is 2.31. The summed E-state index contributed by atoms with van der Waals surface area (Å²) >= 11 is 0. The van der Waals surface area contributed by atoms with Crippen molar-refractivity contribution in [3.63, 3.8) is 0 Å². The molecule has 0 unspecified atom stereocenters. The Kier molecular flexibility index (Phi) is 4.50. The largest absolute Gasteiger partial charge is 0.416 e. The predicted molar refractivity (Wildman–Crippen MR) is 77.9 cm³/mol. The van der Waals surface area contributed by atoms with Crippen LogP contribution < -0.4 is 5.32 Å². The third kappa shape index (κ3) is 3.55. The van der Waals surface area contributed by atoms with Crippen molar-refractivity contribution in [2.45, 2.75) is 44.4 Å². The maximum Gasteiger partial charge on any atom is 0.416 e. The highest BCUT2D eigenvalue weighted by Crippen LogP contribution is 2.30. The molecule has 0 atom stereocenters. The Bertz CT molecular complexity index is 722. The number of tetrazole rings is 1. The van der Waals surface area contributed by atoms with Gasteiger partial charge in [0.15, 0.2) is 5.82 Å². The summed E-state index contributed by atoms with van der Waals surface area (Å²) in [5.41, 5.74) is -0.907. The molecule has 1 aliphatic rings. The van der Waals surface area contributed by atoms with Crippen LogP contribution in [-0.4, -0.2) is 26.1 Å². The van der Waals surface area contributed by atoms with Crippen LogP contribution in [0.15, 0.2) is 24.3 Å². The molecule has 1 aromatic heterocycles. The van der Waals surface area contributed by atoms with Crippen LogP contribution in [0.1, 0.15) is 53.5 Å². The van der Waals surface area contributed by atoms with E-state index in [9.17, 15) is 18.0 Å². The number of carbonyl (C=O) groups excluding carboxylic acids is 1. The summed E-state index contributed by atoms with van der Waals surface area (Å²) in [5.74, 6) is -0.0932. The number of nitrogens with zero attached hydrogens (tertiary/aromatic N) is 4. The van der Waals surface area contributed by atoms with Gasteiger partial charge in [0, 0.05) is 5.56 Å². The molecule has 1 N–H and O–H groups in total. The molecule has 1 aliphatic carbocycles. The lowest BCUT2D eigenvalue weighted by Crippen LogP contribution is -2.26. The maximum atomic E-state index is 12.7. The van der Waals surface area contributed by atoms with E-state index in [0.717, 1.165) is 37.8 Å². The van der Waals surface area contributed by atoms with Crippen molar-refractivity contribution < 1.29 is 18.0 Å². The Morgan fingerprint density at radius 3 is 2.75 bits per heavy atom. The second-order valence-electron chi connectivity index (χ2n) is 5.74. The van der Waals surface area contributed by atoms with Crippen LogP contribution in [0, 0.1) is 0 Å². The first-order chi connectivity index (χ1) is 11.4. The second-order valence-corrected chi connectivity index (χ2v) is 5.74. The third-order valence-corrected chi connectivity index (χ3v) is 4.09. The van der Waals surface area contributed by atoms with Gasteiger partial charge >= 0.3 is 6.18 Å². The molecule has 0 saturated heterocycles. The highest BCUT2D eigenvalue weighted by molar-refractivity contribution is 5.94. The molecule has 128 valence electrons. The number of halogens is 3. The standard InChI is InChI=1S/C15H16F3N5O/c16-15(17,18)11-5-3-4-10(8-11)14(24)19-9-13-20-21-22-23(13)12-6-1-2-7-12/h3-5,8,12H,1-2,6-7,9H2,(H,19,24). The van der Waals surface area contributed by atoms with Gasteiger partial charge in [-0.05, 0) is 41.5 Å². The fourth-order valence-electron chi connectivity index (χ4n) is 2.86. The minimum atomic E-state index is -4.48. The maximum absolute atomic E-state index is 12.7. The number of hydrogen-bond donors (Lipinski definition) is 1. The van der Waals surface area contributed by atoms with Crippen molar-refractivity contribution in [2.24, 2.45) is 0 Å². The topological polar surface area (TPSA) is 72.7 Å². The first kappa shape index (κ1) is 16.4. The zero-order valence-electron chi connectivity index (χ0n) is 12.8.